The number of nitrogens with two attached hydrogens (primary N) is 1. The average Bonchev–Trinajstić information content (AvgIpc) is 3.38. The van der Waals surface area contributed by atoms with Crippen LogP contribution >= 0.6 is 11.3 Å². The van der Waals surface area contributed by atoms with E-state index in [1.165, 1.54) is 24.3 Å². The Morgan fingerprint density at radius 2 is 1.76 bits per heavy atom. The number of hydrogen-bond donors (Lipinski definition) is 2. The molecule has 0 spiro atoms. The Kier molecular flexibility index (Phi) is 8.65. The molecular formula is C27H29F3N4O3S. The molecule has 2 amide bonds. The molecule has 1 aliphatic carbocycles. The lowest BCUT2D eigenvalue weighted by Gasteiger charge is -2.23. The van der Waals surface area contributed by atoms with Crippen LogP contribution in [0.25, 0.3) is 10.6 Å². The highest BCUT2D eigenvalue weighted by Gasteiger charge is 2.33. The summed E-state index contributed by atoms with van der Waals surface area (Å²) in [4.78, 5) is 22.7. The highest BCUT2D eigenvalue weighted by atomic mass is 32.1. The summed E-state index contributed by atoms with van der Waals surface area (Å²) in [5.74, 6) is -0.169. The molecule has 1 aromatic heterocycles. The molecule has 7 nitrogen and oxygen atoms in total. The SMILES string of the molecule is CC(=O)NC(Cc1ccc(COC(N)=O)cc1)c1nnc(-c2cc(C3CCCCC3)cc(C(F)(F)F)c2)s1. The van der Waals surface area contributed by atoms with E-state index in [1.807, 2.05) is 12.1 Å². The standard InChI is InChI=1S/C27H29F3N4O3S/c1-16(35)32-23(11-17-7-9-18(10-8-17)15-37-26(31)36)25-34-33-24(38-25)21-12-20(19-5-3-2-4-6-19)13-22(14-21)27(28,29)30/h7-10,12-14,19,23H,2-6,11,15H2,1H3,(H2,31,36)(H,32,35). The number of amides is 2. The van der Waals surface area contributed by atoms with Gasteiger partial charge in [-0.15, -0.1) is 10.2 Å². The van der Waals surface area contributed by atoms with Crippen LogP contribution in [0, 0.1) is 0 Å². The number of hydrogen-bond acceptors (Lipinski definition) is 6. The molecule has 0 aliphatic heterocycles. The molecule has 202 valence electrons. The van der Waals surface area contributed by atoms with E-state index in [9.17, 15) is 22.8 Å². The first-order chi connectivity index (χ1) is 18.1. The second-order valence-corrected chi connectivity index (χ2v) is 10.5. The third kappa shape index (κ3) is 7.31. The fourth-order valence-electron chi connectivity index (χ4n) is 4.71. The number of carbonyl (C=O) groups is 2. The molecule has 1 unspecified atom stereocenters. The van der Waals surface area contributed by atoms with Gasteiger partial charge >= 0.3 is 12.3 Å². The lowest BCUT2D eigenvalue weighted by molar-refractivity contribution is -0.137. The number of alkyl halides is 3. The Morgan fingerprint density at radius 1 is 1.08 bits per heavy atom. The number of carbonyl (C=O) groups excluding carboxylic acids is 2. The van der Waals surface area contributed by atoms with Gasteiger partial charge in [0.1, 0.15) is 16.6 Å². The van der Waals surface area contributed by atoms with Crippen molar-refractivity contribution in [2.75, 3.05) is 0 Å². The first kappa shape index (κ1) is 27.6. The van der Waals surface area contributed by atoms with Gasteiger partial charge in [0.25, 0.3) is 0 Å². The molecule has 1 aliphatic rings. The van der Waals surface area contributed by atoms with Crippen LogP contribution in [0.3, 0.4) is 0 Å². The molecular weight excluding hydrogens is 517 g/mol. The van der Waals surface area contributed by atoms with Crippen LogP contribution < -0.4 is 11.1 Å². The number of rotatable bonds is 8. The molecule has 11 heteroatoms. The summed E-state index contributed by atoms with van der Waals surface area (Å²) in [6, 6.07) is 10.9. The van der Waals surface area contributed by atoms with Crippen LogP contribution in [-0.4, -0.2) is 22.2 Å². The smallest absolute Gasteiger partial charge is 0.416 e. The van der Waals surface area contributed by atoms with Crippen molar-refractivity contribution in [1.29, 1.82) is 0 Å². The first-order valence-electron chi connectivity index (χ1n) is 12.4. The van der Waals surface area contributed by atoms with Gasteiger partial charge in [-0.25, -0.2) is 4.79 Å². The van der Waals surface area contributed by atoms with E-state index in [4.69, 9.17) is 10.5 Å². The van der Waals surface area contributed by atoms with Crippen molar-refractivity contribution < 1.29 is 27.5 Å². The normalized spacial score (nSPS) is 15.2. The lowest BCUT2D eigenvalue weighted by atomic mass is 9.83. The molecule has 2 aromatic carbocycles. The fraction of sp³-hybridized carbons (Fsp3) is 0.407. The quantitative estimate of drug-likeness (QED) is 0.345. The lowest BCUT2D eigenvalue weighted by Crippen LogP contribution is -2.27. The van der Waals surface area contributed by atoms with Crippen molar-refractivity contribution in [1.82, 2.24) is 15.5 Å². The molecule has 3 N–H and O–H groups in total. The number of primary amides is 1. The van der Waals surface area contributed by atoms with Gasteiger partial charge in [0.15, 0.2) is 0 Å². The predicted octanol–water partition coefficient (Wildman–Crippen LogP) is 6.29. The number of aromatic nitrogens is 2. The van der Waals surface area contributed by atoms with Crippen LogP contribution in [0.4, 0.5) is 18.0 Å². The van der Waals surface area contributed by atoms with Crippen LogP contribution in [0.1, 0.15) is 78.2 Å². The Bertz CT molecular complexity index is 1270. The van der Waals surface area contributed by atoms with Crippen molar-refractivity contribution in [2.24, 2.45) is 5.73 Å². The zero-order chi connectivity index (χ0) is 27.3. The van der Waals surface area contributed by atoms with E-state index < -0.39 is 23.9 Å². The van der Waals surface area contributed by atoms with Gasteiger partial charge in [0.2, 0.25) is 5.91 Å². The van der Waals surface area contributed by atoms with Crippen LogP contribution in [-0.2, 0) is 28.7 Å². The molecule has 0 radical (unpaired) electrons. The molecule has 1 heterocycles. The second-order valence-electron chi connectivity index (χ2n) is 9.50. The van der Waals surface area contributed by atoms with Gasteiger partial charge in [0.05, 0.1) is 11.6 Å². The van der Waals surface area contributed by atoms with Crippen molar-refractivity contribution >= 4 is 23.3 Å². The van der Waals surface area contributed by atoms with E-state index >= 15 is 0 Å². The summed E-state index contributed by atoms with van der Waals surface area (Å²) in [7, 11) is 0. The van der Waals surface area contributed by atoms with Gasteiger partial charge in [-0.05, 0) is 60.1 Å². The first-order valence-corrected chi connectivity index (χ1v) is 13.2. The van der Waals surface area contributed by atoms with Crippen LogP contribution in [0.2, 0.25) is 0 Å². The third-order valence-corrected chi connectivity index (χ3v) is 7.65. The number of nitrogens with one attached hydrogen (secondary N) is 1. The maximum Gasteiger partial charge on any atom is 0.416 e. The summed E-state index contributed by atoms with van der Waals surface area (Å²) >= 11 is 1.17. The minimum Gasteiger partial charge on any atom is -0.445 e. The molecule has 3 aromatic rings. The highest BCUT2D eigenvalue weighted by molar-refractivity contribution is 7.14. The Hall–Kier alpha value is -3.47. The number of ether oxygens (including phenoxy) is 1. The Morgan fingerprint density at radius 3 is 2.39 bits per heavy atom. The fourth-order valence-corrected chi connectivity index (χ4v) is 5.59. The van der Waals surface area contributed by atoms with E-state index in [2.05, 4.69) is 15.5 Å². The maximum atomic E-state index is 13.8. The van der Waals surface area contributed by atoms with Gasteiger partial charge in [-0.2, -0.15) is 13.2 Å². The van der Waals surface area contributed by atoms with Gasteiger partial charge in [-0.3, -0.25) is 4.79 Å². The molecule has 38 heavy (non-hydrogen) atoms. The molecule has 1 saturated carbocycles. The zero-order valence-electron chi connectivity index (χ0n) is 20.9. The van der Waals surface area contributed by atoms with Crippen molar-refractivity contribution in [3.8, 4) is 10.6 Å². The van der Waals surface area contributed by atoms with Gasteiger partial charge in [-0.1, -0.05) is 54.9 Å². The second kappa shape index (κ2) is 11.9. The largest absolute Gasteiger partial charge is 0.445 e. The monoisotopic (exact) mass is 546 g/mol. The number of nitrogens with zero attached hydrogens (tertiary/aromatic N) is 2. The topological polar surface area (TPSA) is 107 Å². The minimum absolute atomic E-state index is 0.0460. The molecule has 0 saturated heterocycles. The molecule has 4 rings (SSSR count). The van der Waals surface area contributed by atoms with Crippen LogP contribution in [0.5, 0.6) is 0 Å². The van der Waals surface area contributed by atoms with Gasteiger partial charge in [0, 0.05) is 12.5 Å². The number of benzene rings is 2. The third-order valence-electron chi connectivity index (χ3n) is 6.57. The van der Waals surface area contributed by atoms with Crippen LogP contribution in [0.15, 0.2) is 42.5 Å². The van der Waals surface area contributed by atoms with Crippen molar-refractivity contribution in [3.05, 3.63) is 69.7 Å². The van der Waals surface area contributed by atoms with E-state index in [0.717, 1.165) is 49.3 Å². The number of halogens is 3. The summed E-state index contributed by atoms with van der Waals surface area (Å²) in [6.45, 7) is 1.44. The van der Waals surface area contributed by atoms with E-state index in [1.54, 1.807) is 18.2 Å². The highest BCUT2D eigenvalue weighted by Crippen LogP contribution is 2.40. The molecule has 1 atom stereocenters. The summed E-state index contributed by atoms with van der Waals surface area (Å²) < 4.78 is 46.1. The molecule has 0 bridgehead atoms. The Labute approximate surface area is 222 Å². The summed E-state index contributed by atoms with van der Waals surface area (Å²) in [6.07, 6.45) is -0.0652. The van der Waals surface area contributed by atoms with Crippen molar-refractivity contribution in [2.45, 2.75) is 70.2 Å². The molecule has 1 fully saturated rings. The Balaban J connectivity index is 1.59. The van der Waals surface area contributed by atoms with E-state index in [-0.39, 0.29) is 18.4 Å². The minimum atomic E-state index is -4.47. The zero-order valence-corrected chi connectivity index (χ0v) is 21.7. The average molecular weight is 547 g/mol. The summed E-state index contributed by atoms with van der Waals surface area (Å²) in [5, 5.41) is 12.2. The van der Waals surface area contributed by atoms with Gasteiger partial charge < -0.3 is 15.8 Å². The summed E-state index contributed by atoms with van der Waals surface area (Å²) in [5.41, 5.74) is 7.00. The van der Waals surface area contributed by atoms with E-state index in [0.29, 0.717) is 27.6 Å². The predicted molar refractivity (Wildman–Crippen MR) is 137 cm³/mol. The van der Waals surface area contributed by atoms with Crippen molar-refractivity contribution in [3.63, 3.8) is 0 Å². The maximum absolute atomic E-state index is 13.8.